The molecule has 0 N–H and O–H groups in total. The van der Waals surface area contributed by atoms with Gasteiger partial charge in [-0.05, 0) is 37.0 Å². The zero-order valence-corrected chi connectivity index (χ0v) is 9.26. The fraction of sp³-hybridized carbons (Fsp3) is 0.364. The molecule has 0 amide bonds. The highest BCUT2D eigenvalue weighted by molar-refractivity contribution is 9.10. The Hall–Kier alpha value is -0.810. The van der Waals surface area contributed by atoms with Crippen molar-refractivity contribution >= 4 is 15.9 Å². The summed E-state index contributed by atoms with van der Waals surface area (Å²) >= 11 is 3.52. The van der Waals surface area contributed by atoms with E-state index in [0.717, 1.165) is 17.3 Å². The molecule has 0 aliphatic carbocycles. The number of benzene rings is 1. The molecule has 0 spiro atoms. The lowest BCUT2D eigenvalue weighted by molar-refractivity contribution is 0.847. The first-order valence-electron chi connectivity index (χ1n) is 4.36. The largest absolute Gasteiger partial charge is 0.198 e. The van der Waals surface area contributed by atoms with Crippen LogP contribution in [0.5, 0.6) is 0 Å². The molecule has 0 saturated carbocycles. The number of aryl methyl sites for hydroxylation is 2. The molecule has 0 heterocycles. The van der Waals surface area contributed by atoms with Crippen LogP contribution in [0.25, 0.3) is 0 Å². The van der Waals surface area contributed by atoms with Crippen molar-refractivity contribution in [2.24, 2.45) is 0 Å². The van der Waals surface area contributed by atoms with Gasteiger partial charge in [-0.2, -0.15) is 5.26 Å². The van der Waals surface area contributed by atoms with Gasteiger partial charge in [0.15, 0.2) is 0 Å². The summed E-state index contributed by atoms with van der Waals surface area (Å²) in [6.45, 7) is 2.07. The Balaban J connectivity index is 2.62. The first kappa shape index (κ1) is 10.3. The van der Waals surface area contributed by atoms with Crippen LogP contribution >= 0.6 is 15.9 Å². The lowest BCUT2D eigenvalue weighted by atomic mass is 10.1. The Bertz CT molecular complexity index is 325. The molecule has 1 nitrogen and oxygen atoms in total. The van der Waals surface area contributed by atoms with Gasteiger partial charge in [-0.1, -0.05) is 28.1 Å². The van der Waals surface area contributed by atoms with Crippen LogP contribution in [-0.4, -0.2) is 0 Å². The zero-order chi connectivity index (χ0) is 9.68. The fourth-order valence-electron chi connectivity index (χ4n) is 1.21. The molecule has 0 aliphatic heterocycles. The Morgan fingerprint density at radius 2 is 2.23 bits per heavy atom. The maximum Gasteiger partial charge on any atom is 0.0621 e. The van der Waals surface area contributed by atoms with Gasteiger partial charge in [0, 0.05) is 10.9 Å². The van der Waals surface area contributed by atoms with E-state index < -0.39 is 0 Å². The third-order valence-electron chi connectivity index (χ3n) is 1.94. The van der Waals surface area contributed by atoms with Gasteiger partial charge in [0.05, 0.1) is 6.07 Å². The summed E-state index contributed by atoms with van der Waals surface area (Å²) in [6, 6.07) is 8.49. The smallest absolute Gasteiger partial charge is 0.0621 e. The number of halogens is 1. The molecule has 68 valence electrons. The highest BCUT2D eigenvalue weighted by Crippen LogP contribution is 2.19. The van der Waals surface area contributed by atoms with E-state index in [4.69, 9.17) is 5.26 Å². The van der Waals surface area contributed by atoms with Crippen molar-refractivity contribution in [3.63, 3.8) is 0 Å². The van der Waals surface area contributed by atoms with Gasteiger partial charge in [-0.25, -0.2) is 0 Å². The van der Waals surface area contributed by atoms with E-state index in [-0.39, 0.29) is 0 Å². The molecule has 0 aromatic heterocycles. The molecular formula is C11H12BrN. The number of nitrogens with zero attached hydrogens (tertiary/aromatic N) is 1. The van der Waals surface area contributed by atoms with Crippen LogP contribution in [0, 0.1) is 18.3 Å². The van der Waals surface area contributed by atoms with Crippen LogP contribution in [0.1, 0.15) is 24.0 Å². The number of hydrogen-bond donors (Lipinski definition) is 0. The van der Waals surface area contributed by atoms with Gasteiger partial charge < -0.3 is 0 Å². The standard InChI is InChI=1S/C11H12BrN/c1-9-5-6-10(11(12)8-9)4-2-3-7-13/h5-6,8H,2-4H2,1H3. The molecule has 0 saturated heterocycles. The van der Waals surface area contributed by atoms with E-state index in [1.54, 1.807) is 0 Å². The van der Waals surface area contributed by atoms with Crippen molar-refractivity contribution in [2.75, 3.05) is 0 Å². The van der Waals surface area contributed by atoms with Crippen LogP contribution in [0.15, 0.2) is 22.7 Å². The Morgan fingerprint density at radius 1 is 1.46 bits per heavy atom. The van der Waals surface area contributed by atoms with Gasteiger partial charge in [0.1, 0.15) is 0 Å². The maximum absolute atomic E-state index is 8.40. The van der Waals surface area contributed by atoms with Crippen molar-refractivity contribution in [1.29, 1.82) is 5.26 Å². The van der Waals surface area contributed by atoms with Crippen LogP contribution in [0.3, 0.4) is 0 Å². The quantitative estimate of drug-likeness (QED) is 0.738. The Kier molecular flexibility index (Phi) is 3.98. The molecule has 1 aromatic rings. The minimum Gasteiger partial charge on any atom is -0.198 e. The molecule has 0 aliphatic rings. The zero-order valence-electron chi connectivity index (χ0n) is 7.68. The maximum atomic E-state index is 8.40. The number of nitriles is 1. The molecule has 0 atom stereocenters. The summed E-state index contributed by atoms with van der Waals surface area (Å²) in [6.07, 6.45) is 2.56. The van der Waals surface area contributed by atoms with Gasteiger partial charge in [0.25, 0.3) is 0 Å². The normalized spacial score (nSPS) is 9.62. The number of hydrogen-bond acceptors (Lipinski definition) is 1. The Morgan fingerprint density at radius 3 is 2.85 bits per heavy atom. The third kappa shape index (κ3) is 3.20. The van der Waals surface area contributed by atoms with Crippen molar-refractivity contribution in [3.05, 3.63) is 33.8 Å². The summed E-state index contributed by atoms with van der Waals surface area (Å²) in [4.78, 5) is 0. The Labute approximate surface area is 87.5 Å². The van der Waals surface area contributed by atoms with Crippen LogP contribution in [-0.2, 0) is 6.42 Å². The van der Waals surface area contributed by atoms with E-state index in [0.29, 0.717) is 6.42 Å². The monoisotopic (exact) mass is 237 g/mol. The average Bonchev–Trinajstić information content (AvgIpc) is 2.09. The van der Waals surface area contributed by atoms with E-state index in [2.05, 4.69) is 47.1 Å². The van der Waals surface area contributed by atoms with Gasteiger partial charge >= 0.3 is 0 Å². The highest BCUT2D eigenvalue weighted by Gasteiger charge is 1.98. The predicted molar refractivity (Wildman–Crippen MR) is 57.4 cm³/mol. The van der Waals surface area contributed by atoms with E-state index in [1.807, 2.05) is 0 Å². The fourth-order valence-corrected chi connectivity index (χ4v) is 1.90. The molecule has 0 radical (unpaired) electrons. The third-order valence-corrected chi connectivity index (χ3v) is 2.68. The highest BCUT2D eigenvalue weighted by atomic mass is 79.9. The lowest BCUT2D eigenvalue weighted by Crippen LogP contribution is -1.87. The minimum atomic E-state index is 0.639. The summed E-state index contributed by atoms with van der Waals surface area (Å²) < 4.78 is 1.16. The van der Waals surface area contributed by atoms with Crippen molar-refractivity contribution in [3.8, 4) is 6.07 Å². The second-order valence-corrected chi connectivity index (χ2v) is 3.96. The molecule has 1 aromatic carbocycles. The van der Waals surface area contributed by atoms with Crippen LogP contribution in [0.2, 0.25) is 0 Å². The minimum absolute atomic E-state index is 0.639. The average molecular weight is 238 g/mol. The first-order valence-corrected chi connectivity index (χ1v) is 5.15. The molecule has 13 heavy (non-hydrogen) atoms. The van der Waals surface area contributed by atoms with E-state index in [9.17, 15) is 0 Å². The molecule has 0 fully saturated rings. The number of unbranched alkanes of at least 4 members (excludes halogenated alkanes) is 1. The summed E-state index contributed by atoms with van der Waals surface area (Å²) in [7, 11) is 0. The predicted octanol–water partition coefficient (Wildman–Crippen LogP) is 3.60. The second-order valence-electron chi connectivity index (χ2n) is 3.11. The van der Waals surface area contributed by atoms with Crippen LogP contribution in [0.4, 0.5) is 0 Å². The summed E-state index contributed by atoms with van der Waals surface area (Å²) in [5.74, 6) is 0. The van der Waals surface area contributed by atoms with E-state index >= 15 is 0 Å². The number of rotatable bonds is 3. The first-order chi connectivity index (χ1) is 6.24. The topological polar surface area (TPSA) is 23.8 Å². The second kappa shape index (κ2) is 5.04. The molecular weight excluding hydrogens is 226 g/mol. The SMILES string of the molecule is Cc1ccc(CCCC#N)c(Br)c1. The van der Waals surface area contributed by atoms with Crippen molar-refractivity contribution < 1.29 is 0 Å². The molecule has 0 unspecified atom stereocenters. The van der Waals surface area contributed by atoms with Crippen LogP contribution < -0.4 is 0 Å². The van der Waals surface area contributed by atoms with E-state index in [1.165, 1.54) is 11.1 Å². The summed E-state index contributed by atoms with van der Waals surface area (Å²) in [5, 5.41) is 8.40. The summed E-state index contributed by atoms with van der Waals surface area (Å²) in [5.41, 5.74) is 2.55. The molecule has 0 bridgehead atoms. The van der Waals surface area contributed by atoms with Crippen molar-refractivity contribution in [1.82, 2.24) is 0 Å². The van der Waals surface area contributed by atoms with Crippen molar-refractivity contribution in [2.45, 2.75) is 26.2 Å². The molecule has 2 heteroatoms. The molecule has 1 rings (SSSR count). The van der Waals surface area contributed by atoms with Gasteiger partial charge in [-0.15, -0.1) is 0 Å². The van der Waals surface area contributed by atoms with Gasteiger partial charge in [-0.3, -0.25) is 0 Å². The lowest BCUT2D eigenvalue weighted by Gasteiger charge is -2.03. The van der Waals surface area contributed by atoms with Gasteiger partial charge in [0.2, 0.25) is 0 Å².